The number of benzene rings is 2. The van der Waals surface area contributed by atoms with Gasteiger partial charge in [-0.3, -0.25) is 4.79 Å². The van der Waals surface area contributed by atoms with Crippen LogP contribution in [0.25, 0.3) is 0 Å². The van der Waals surface area contributed by atoms with Crippen LogP contribution in [-0.2, 0) is 0 Å². The van der Waals surface area contributed by atoms with E-state index in [4.69, 9.17) is 11.6 Å². The van der Waals surface area contributed by atoms with Gasteiger partial charge >= 0.3 is 0 Å². The number of rotatable bonds is 6. The van der Waals surface area contributed by atoms with E-state index in [9.17, 15) is 4.79 Å². The van der Waals surface area contributed by atoms with Crippen LogP contribution in [-0.4, -0.2) is 5.78 Å². The van der Waals surface area contributed by atoms with Crippen LogP contribution in [0.1, 0.15) is 66.1 Å². The summed E-state index contributed by atoms with van der Waals surface area (Å²) in [6.07, 6.45) is 3.51. The second-order valence-electron chi connectivity index (χ2n) is 5.81. The first-order chi connectivity index (χ1) is 10.6. The molecule has 1 atom stereocenters. The summed E-state index contributed by atoms with van der Waals surface area (Å²) in [5.74, 6) is 0.611. The van der Waals surface area contributed by atoms with Crippen molar-refractivity contribution >= 4 is 17.4 Å². The highest BCUT2D eigenvalue weighted by Gasteiger charge is 2.12. The highest BCUT2D eigenvalue weighted by molar-refractivity contribution is 6.31. The maximum Gasteiger partial charge on any atom is 0.193 e. The smallest absolute Gasteiger partial charge is 0.193 e. The molecule has 0 heterocycles. The third-order valence-electron chi connectivity index (χ3n) is 4.21. The van der Waals surface area contributed by atoms with Crippen LogP contribution >= 0.6 is 11.6 Å². The van der Waals surface area contributed by atoms with Crippen LogP contribution in [0, 0.1) is 6.92 Å². The molecule has 0 aliphatic rings. The highest BCUT2D eigenvalue weighted by atomic mass is 35.5. The summed E-state index contributed by atoms with van der Waals surface area (Å²) in [5, 5.41) is 0.636. The van der Waals surface area contributed by atoms with Crippen LogP contribution in [0.15, 0.2) is 42.5 Å². The zero-order valence-electron chi connectivity index (χ0n) is 13.5. The van der Waals surface area contributed by atoms with Crippen molar-refractivity contribution in [3.8, 4) is 0 Å². The monoisotopic (exact) mass is 314 g/mol. The molecule has 0 spiro atoms. The Morgan fingerprint density at radius 1 is 1.05 bits per heavy atom. The summed E-state index contributed by atoms with van der Waals surface area (Å²) >= 11 is 6.11. The van der Waals surface area contributed by atoms with Gasteiger partial charge < -0.3 is 0 Å². The molecule has 0 aliphatic heterocycles. The molecule has 0 bridgehead atoms. The van der Waals surface area contributed by atoms with Crippen molar-refractivity contribution in [2.24, 2.45) is 0 Å². The number of halogens is 1. The molecule has 2 heteroatoms. The second-order valence-corrected chi connectivity index (χ2v) is 6.22. The maximum atomic E-state index is 12.5. The number of carbonyl (C=O) groups excluding carboxylic acids is 1. The minimum atomic E-state index is 0.0250. The van der Waals surface area contributed by atoms with Gasteiger partial charge in [0.05, 0.1) is 0 Å². The first-order valence-electron chi connectivity index (χ1n) is 7.97. The van der Waals surface area contributed by atoms with Gasteiger partial charge in [0, 0.05) is 16.1 Å². The van der Waals surface area contributed by atoms with Crippen LogP contribution in [0.2, 0.25) is 5.02 Å². The largest absolute Gasteiger partial charge is 0.289 e. The summed E-state index contributed by atoms with van der Waals surface area (Å²) in [4.78, 5) is 12.5. The van der Waals surface area contributed by atoms with Crippen molar-refractivity contribution in [1.82, 2.24) is 0 Å². The molecule has 22 heavy (non-hydrogen) atoms. The lowest BCUT2D eigenvalue weighted by Crippen LogP contribution is -2.03. The quantitative estimate of drug-likeness (QED) is 0.582. The molecule has 0 saturated carbocycles. The van der Waals surface area contributed by atoms with E-state index >= 15 is 0 Å². The van der Waals surface area contributed by atoms with E-state index in [1.807, 2.05) is 31.2 Å². The molecule has 0 N–H and O–H groups in total. The number of hydrogen-bond acceptors (Lipinski definition) is 1. The molecule has 116 valence electrons. The van der Waals surface area contributed by atoms with E-state index in [1.54, 1.807) is 6.07 Å². The van der Waals surface area contributed by atoms with E-state index in [1.165, 1.54) is 18.4 Å². The topological polar surface area (TPSA) is 17.1 Å². The standard InChI is InChI=1S/C20H23ClO/c1-4-6-15(5-2)16-9-11-17(12-10-16)20(22)18-8-7-14(3)19(21)13-18/h7-13,15H,4-6H2,1-3H3. The molecule has 2 aromatic rings. The zero-order chi connectivity index (χ0) is 16.1. The molecular formula is C20H23ClO. The van der Waals surface area contributed by atoms with Gasteiger partial charge in [0.2, 0.25) is 0 Å². The highest BCUT2D eigenvalue weighted by Crippen LogP contribution is 2.25. The van der Waals surface area contributed by atoms with Crippen molar-refractivity contribution in [2.75, 3.05) is 0 Å². The van der Waals surface area contributed by atoms with E-state index in [-0.39, 0.29) is 5.78 Å². The fourth-order valence-corrected chi connectivity index (χ4v) is 2.94. The number of carbonyl (C=O) groups is 1. The van der Waals surface area contributed by atoms with Gasteiger partial charge in [0.15, 0.2) is 5.78 Å². The molecule has 2 rings (SSSR count). The summed E-state index contributed by atoms with van der Waals surface area (Å²) in [6, 6.07) is 13.5. The third kappa shape index (κ3) is 3.78. The lowest BCUT2D eigenvalue weighted by Gasteiger charge is -2.14. The zero-order valence-corrected chi connectivity index (χ0v) is 14.3. The molecular weight excluding hydrogens is 292 g/mol. The van der Waals surface area contributed by atoms with Gasteiger partial charge in [-0.25, -0.2) is 0 Å². The summed E-state index contributed by atoms with van der Waals surface area (Å²) in [6.45, 7) is 6.36. The molecule has 0 amide bonds. The molecule has 0 radical (unpaired) electrons. The van der Waals surface area contributed by atoms with Gasteiger partial charge in [-0.05, 0) is 42.9 Å². The Labute approximate surface area is 138 Å². The first kappa shape index (κ1) is 16.8. The van der Waals surface area contributed by atoms with Crippen LogP contribution < -0.4 is 0 Å². The van der Waals surface area contributed by atoms with Crippen molar-refractivity contribution in [3.05, 3.63) is 69.7 Å². The van der Waals surface area contributed by atoms with E-state index in [2.05, 4.69) is 26.0 Å². The Morgan fingerprint density at radius 2 is 1.68 bits per heavy atom. The van der Waals surface area contributed by atoms with E-state index in [0.717, 1.165) is 17.5 Å². The molecule has 2 aromatic carbocycles. The van der Waals surface area contributed by atoms with E-state index < -0.39 is 0 Å². The van der Waals surface area contributed by atoms with Crippen molar-refractivity contribution in [3.63, 3.8) is 0 Å². The normalized spacial score (nSPS) is 12.2. The van der Waals surface area contributed by atoms with Gasteiger partial charge in [-0.1, -0.05) is 68.3 Å². The Balaban J connectivity index is 2.22. The summed E-state index contributed by atoms with van der Waals surface area (Å²) < 4.78 is 0. The molecule has 0 aliphatic carbocycles. The van der Waals surface area contributed by atoms with Gasteiger partial charge in [-0.15, -0.1) is 0 Å². The summed E-state index contributed by atoms with van der Waals surface area (Å²) in [7, 11) is 0. The lowest BCUT2D eigenvalue weighted by molar-refractivity contribution is 0.103. The van der Waals surface area contributed by atoms with Crippen LogP contribution in [0.5, 0.6) is 0 Å². The molecule has 1 nitrogen and oxygen atoms in total. The number of ketones is 1. The first-order valence-corrected chi connectivity index (χ1v) is 8.35. The van der Waals surface area contributed by atoms with Crippen molar-refractivity contribution in [1.29, 1.82) is 0 Å². The average Bonchev–Trinajstić information content (AvgIpc) is 2.54. The van der Waals surface area contributed by atoms with E-state index in [0.29, 0.717) is 16.5 Å². The predicted molar refractivity (Wildman–Crippen MR) is 94.0 cm³/mol. The average molecular weight is 315 g/mol. The maximum absolute atomic E-state index is 12.5. The number of aryl methyl sites for hydroxylation is 1. The Morgan fingerprint density at radius 3 is 2.23 bits per heavy atom. The van der Waals surface area contributed by atoms with Gasteiger partial charge in [-0.2, -0.15) is 0 Å². The lowest BCUT2D eigenvalue weighted by atomic mass is 9.91. The predicted octanol–water partition coefficient (Wildman–Crippen LogP) is 6.17. The van der Waals surface area contributed by atoms with Gasteiger partial charge in [0.25, 0.3) is 0 Å². The molecule has 1 unspecified atom stereocenters. The van der Waals surface area contributed by atoms with Crippen molar-refractivity contribution in [2.45, 2.75) is 46.0 Å². The summed E-state index contributed by atoms with van der Waals surface area (Å²) in [5.41, 5.74) is 3.67. The molecule has 0 aromatic heterocycles. The Bertz CT molecular complexity index is 643. The minimum Gasteiger partial charge on any atom is -0.289 e. The van der Waals surface area contributed by atoms with Crippen molar-refractivity contribution < 1.29 is 4.79 Å². The minimum absolute atomic E-state index is 0.0250. The third-order valence-corrected chi connectivity index (χ3v) is 4.62. The second kappa shape index (κ2) is 7.60. The Kier molecular flexibility index (Phi) is 5.79. The molecule has 0 fully saturated rings. The molecule has 0 saturated heterocycles. The van der Waals surface area contributed by atoms with Crippen LogP contribution in [0.4, 0.5) is 0 Å². The van der Waals surface area contributed by atoms with Gasteiger partial charge in [0.1, 0.15) is 0 Å². The fraction of sp³-hybridized carbons (Fsp3) is 0.350. The fourth-order valence-electron chi connectivity index (χ4n) is 2.76. The SMILES string of the molecule is CCCC(CC)c1ccc(C(=O)c2ccc(C)c(Cl)c2)cc1. The van der Waals surface area contributed by atoms with Crippen LogP contribution in [0.3, 0.4) is 0 Å². The number of hydrogen-bond donors (Lipinski definition) is 0. The Hall–Kier alpha value is -1.60.